The number of aromatic nitrogens is 2. The van der Waals surface area contributed by atoms with E-state index >= 15 is 0 Å². The van der Waals surface area contributed by atoms with Gasteiger partial charge in [-0.25, -0.2) is 0 Å². The number of anilines is 1. The zero-order valence-corrected chi connectivity index (χ0v) is 15.9. The molecule has 2 heterocycles. The first-order valence-electron chi connectivity index (χ1n) is 10.0. The van der Waals surface area contributed by atoms with Crippen LogP contribution in [0.25, 0.3) is 0 Å². The molecule has 140 valence electrons. The molecule has 0 aromatic carbocycles. The fourth-order valence-corrected chi connectivity index (χ4v) is 7.20. The van der Waals surface area contributed by atoms with Crippen molar-refractivity contribution in [1.29, 1.82) is 0 Å². The van der Waals surface area contributed by atoms with Crippen LogP contribution in [0.4, 0.5) is 5.13 Å². The molecule has 2 amide bonds. The van der Waals surface area contributed by atoms with Crippen molar-refractivity contribution in [3.05, 3.63) is 5.01 Å². The molecule has 7 heteroatoms. The summed E-state index contributed by atoms with van der Waals surface area (Å²) in [5.41, 5.74) is 0.220. The summed E-state index contributed by atoms with van der Waals surface area (Å²) in [6, 6.07) is 0. The van der Waals surface area contributed by atoms with Crippen molar-refractivity contribution in [1.82, 2.24) is 15.1 Å². The van der Waals surface area contributed by atoms with Gasteiger partial charge in [-0.2, -0.15) is 0 Å². The molecule has 6 rings (SSSR count). The number of carbonyl (C=O) groups excluding carboxylic acids is 2. The number of nitrogens with one attached hydrogen (secondary N) is 1. The van der Waals surface area contributed by atoms with E-state index in [2.05, 4.69) is 15.5 Å². The zero-order chi connectivity index (χ0) is 17.7. The number of nitrogens with zero attached hydrogens (tertiary/aromatic N) is 3. The van der Waals surface area contributed by atoms with Gasteiger partial charge in [-0.3, -0.25) is 14.9 Å². The topological polar surface area (TPSA) is 75.2 Å². The first-order valence-corrected chi connectivity index (χ1v) is 10.8. The maximum absolute atomic E-state index is 12.3. The second kappa shape index (κ2) is 6.29. The molecular weight excluding hydrogens is 348 g/mol. The molecule has 5 aliphatic rings. The van der Waals surface area contributed by atoms with Crippen LogP contribution >= 0.6 is 11.3 Å². The molecule has 0 unspecified atom stereocenters. The largest absolute Gasteiger partial charge is 0.333 e. The number of piperidine rings is 1. The van der Waals surface area contributed by atoms with Crippen LogP contribution in [0.2, 0.25) is 0 Å². The molecule has 26 heavy (non-hydrogen) atoms. The van der Waals surface area contributed by atoms with Crippen LogP contribution in [0.15, 0.2) is 0 Å². The van der Waals surface area contributed by atoms with Crippen molar-refractivity contribution < 1.29 is 9.59 Å². The van der Waals surface area contributed by atoms with E-state index in [1.807, 2.05) is 0 Å². The van der Waals surface area contributed by atoms with E-state index in [9.17, 15) is 9.59 Å². The maximum Gasteiger partial charge on any atom is 0.245 e. The quantitative estimate of drug-likeness (QED) is 0.879. The average molecular weight is 375 g/mol. The second-order valence-corrected chi connectivity index (χ2v) is 9.91. The number of hydrogen-bond donors (Lipinski definition) is 1. The van der Waals surface area contributed by atoms with Crippen molar-refractivity contribution in [2.45, 2.75) is 63.2 Å². The standard InChI is InChI=1S/C19H26N4O2S/c24-15(11-23-4-2-1-3-16(23)25)20-18-22-21-17(26-18)19-8-12-5-13(9-19)7-14(6-12)10-19/h12-14H,1-11H2,(H,20,22,24). The Morgan fingerprint density at radius 3 is 2.46 bits per heavy atom. The lowest BCUT2D eigenvalue weighted by Gasteiger charge is -2.55. The average Bonchev–Trinajstić information content (AvgIpc) is 3.05. The molecule has 4 saturated carbocycles. The fourth-order valence-electron chi connectivity index (χ4n) is 6.22. The Balaban J connectivity index is 1.26. The molecule has 6 nitrogen and oxygen atoms in total. The normalized spacial score (nSPS) is 35.8. The van der Waals surface area contributed by atoms with E-state index in [1.54, 1.807) is 16.2 Å². The smallest absolute Gasteiger partial charge is 0.245 e. The number of amides is 2. The van der Waals surface area contributed by atoms with Gasteiger partial charge >= 0.3 is 0 Å². The van der Waals surface area contributed by atoms with E-state index < -0.39 is 0 Å². The monoisotopic (exact) mass is 374 g/mol. The van der Waals surface area contributed by atoms with E-state index in [-0.39, 0.29) is 23.8 Å². The highest BCUT2D eigenvalue weighted by Crippen LogP contribution is 2.61. The van der Waals surface area contributed by atoms with Gasteiger partial charge in [0, 0.05) is 18.4 Å². The molecule has 0 radical (unpaired) electrons. The van der Waals surface area contributed by atoms with Gasteiger partial charge in [-0.15, -0.1) is 10.2 Å². The number of rotatable bonds is 4. The SMILES string of the molecule is O=C(CN1CCCCC1=O)Nc1nnc(C23CC4CC(CC(C4)C2)C3)s1. The molecule has 1 aromatic heterocycles. The van der Waals surface area contributed by atoms with Gasteiger partial charge in [-0.05, 0) is 69.1 Å². The highest BCUT2D eigenvalue weighted by atomic mass is 32.1. The molecule has 5 fully saturated rings. The van der Waals surface area contributed by atoms with Gasteiger partial charge < -0.3 is 4.90 Å². The summed E-state index contributed by atoms with van der Waals surface area (Å²) in [5.74, 6) is 2.53. The predicted molar refractivity (Wildman–Crippen MR) is 98.8 cm³/mol. The van der Waals surface area contributed by atoms with E-state index in [1.165, 1.54) is 38.5 Å². The Morgan fingerprint density at radius 1 is 1.12 bits per heavy atom. The Kier molecular flexibility index (Phi) is 4.03. The van der Waals surface area contributed by atoms with Crippen molar-refractivity contribution in [2.24, 2.45) is 17.8 Å². The Hall–Kier alpha value is -1.50. The van der Waals surface area contributed by atoms with Crippen LogP contribution in [0.3, 0.4) is 0 Å². The third-order valence-electron chi connectivity index (χ3n) is 6.92. The molecule has 4 bridgehead atoms. The second-order valence-electron chi connectivity index (χ2n) is 8.93. The summed E-state index contributed by atoms with van der Waals surface area (Å²) >= 11 is 1.55. The summed E-state index contributed by atoms with van der Waals surface area (Å²) in [7, 11) is 0. The van der Waals surface area contributed by atoms with Gasteiger partial charge in [0.25, 0.3) is 0 Å². The van der Waals surface area contributed by atoms with E-state index in [4.69, 9.17) is 0 Å². The minimum absolute atomic E-state index is 0.0814. The minimum atomic E-state index is -0.159. The molecule has 1 aliphatic heterocycles. The fraction of sp³-hybridized carbons (Fsp3) is 0.789. The van der Waals surface area contributed by atoms with Gasteiger partial charge in [0.05, 0.1) is 6.54 Å². The summed E-state index contributed by atoms with van der Waals surface area (Å²) in [6.07, 6.45) is 10.5. The van der Waals surface area contributed by atoms with Crippen molar-refractivity contribution in [3.63, 3.8) is 0 Å². The van der Waals surface area contributed by atoms with Gasteiger partial charge in [-0.1, -0.05) is 11.3 Å². The van der Waals surface area contributed by atoms with Gasteiger partial charge in [0.2, 0.25) is 16.9 Å². The van der Waals surface area contributed by atoms with Crippen LogP contribution in [0.1, 0.15) is 62.8 Å². The first-order chi connectivity index (χ1) is 12.6. The lowest BCUT2D eigenvalue weighted by atomic mass is 9.50. The van der Waals surface area contributed by atoms with Crippen LogP contribution in [0.5, 0.6) is 0 Å². The Bertz CT molecular complexity index is 696. The summed E-state index contributed by atoms with van der Waals surface area (Å²) < 4.78 is 0. The Morgan fingerprint density at radius 2 is 1.81 bits per heavy atom. The zero-order valence-electron chi connectivity index (χ0n) is 15.1. The molecule has 1 saturated heterocycles. The summed E-state index contributed by atoms with van der Waals surface area (Å²) in [5, 5.41) is 13.3. The third kappa shape index (κ3) is 2.94. The highest BCUT2D eigenvalue weighted by Gasteiger charge is 2.53. The first kappa shape index (κ1) is 16.7. The molecular formula is C19H26N4O2S. The van der Waals surface area contributed by atoms with Gasteiger partial charge in [0.15, 0.2) is 0 Å². The van der Waals surface area contributed by atoms with Crippen molar-refractivity contribution in [3.8, 4) is 0 Å². The highest BCUT2D eigenvalue weighted by molar-refractivity contribution is 7.15. The minimum Gasteiger partial charge on any atom is -0.333 e. The van der Waals surface area contributed by atoms with Crippen LogP contribution < -0.4 is 5.32 Å². The van der Waals surface area contributed by atoms with Crippen molar-refractivity contribution >= 4 is 28.3 Å². The third-order valence-corrected chi connectivity index (χ3v) is 8.00. The number of carbonyl (C=O) groups is 2. The molecule has 0 atom stereocenters. The van der Waals surface area contributed by atoms with Crippen molar-refractivity contribution in [2.75, 3.05) is 18.4 Å². The lowest BCUT2D eigenvalue weighted by Crippen LogP contribution is -2.48. The van der Waals surface area contributed by atoms with Crippen LogP contribution in [0, 0.1) is 17.8 Å². The predicted octanol–water partition coefficient (Wildman–Crippen LogP) is 2.96. The van der Waals surface area contributed by atoms with Gasteiger partial charge in [0.1, 0.15) is 5.01 Å². The maximum atomic E-state index is 12.3. The molecule has 1 aromatic rings. The molecule has 4 aliphatic carbocycles. The summed E-state index contributed by atoms with van der Waals surface area (Å²) in [4.78, 5) is 25.8. The summed E-state index contributed by atoms with van der Waals surface area (Å²) in [6.45, 7) is 0.812. The van der Waals surface area contributed by atoms with E-state index in [0.717, 1.165) is 35.6 Å². The molecule has 0 spiro atoms. The van der Waals surface area contributed by atoms with Crippen LogP contribution in [-0.2, 0) is 15.0 Å². The molecule has 1 N–H and O–H groups in total. The lowest BCUT2D eigenvalue weighted by molar-refractivity contribution is -0.136. The Labute approximate surface area is 157 Å². The number of likely N-dealkylation sites (tertiary alicyclic amines) is 1. The van der Waals surface area contributed by atoms with Crippen LogP contribution in [-0.4, -0.2) is 40.0 Å². The number of hydrogen-bond acceptors (Lipinski definition) is 5. The van der Waals surface area contributed by atoms with E-state index in [0.29, 0.717) is 18.1 Å².